The van der Waals surface area contributed by atoms with Crippen LogP contribution in [0.15, 0.2) is 103 Å². The maximum absolute atomic E-state index is 14.6. The maximum Gasteiger partial charge on any atom is 0.248 e. The lowest BCUT2D eigenvalue weighted by Gasteiger charge is -2.37. The molecule has 4 aromatic rings. The van der Waals surface area contributed by atoms with Crippen LogP contribution in [0.5, 0.6) is 0 Å². The minimum Gasteiger partial charge on any atom is -0.394 e. The van der Waals surface area contributed by atoms with E-state index in [2.05, 4.69) is 26.6 Å². The van der Waals surface area contributed by atoms with Crippen molar-refractivity contribution in [2.45, 2.75) is 39.9 Å². The molecule has 0 aliphatic carbocycles. The Morgan fingerprint density at radius 3 is 2.34 bits per heavy atom. The molecule has 3 unspecified atom stereocenters. The number of halogens is 1. The van der Waals surface area contributed by atoms with Gasteiger partial charge in [-0.1, -0.05) is 107 Å². The third kappa shape index (κ3) is 4.82. The van der Waals surface area contributed by atoms with E-state index < -0.39 is 28.7 Å². The Hall–Kier alpha value is -3.66. The van der Waals surface area contributed by atoms with Crippen LogP contribution in [-0.4, -0.2) is 55.2 Å². The van der Waals surface area contributed by atoms with Gasteiger partial charge in [0.05, 0.1) is 29.2 Å². The van der Waals surface area contributed by atoms with Gasteiger partial charge in [0.25, 0.3) is 0 Å². The minimum absolute atomic E-state index is 0.0516. The predicted octanol–water partition coefficient (Wildman–Crippen LogP) is 5.29. The Balaban J connectivity index is 1.26. The summed E-state index contributed by atoms with van der Waals surface area (Å²) in [6.07, 6.45) is 0.556. The van der Waals surface area contributed by atoms with Gasteiger partial charge in [-0.25, -0.2) is 0 Å². The fraction of sp³-hybridized carbons (Fsp3) is 0.286. The average Bonchev–Trinajstić information content (AvgIpc) is 3.64. The van der Waals surface area contributed by atoms with E-state index in [1.807, 2.05) is 103 Å². The number of hydrogen-bond acceptors (Lipinski definition) is 5. The molecule has 44 heavy (non-hydrogen) atoms. The fourth-order valence-electron chi connectivity index (χ4n) is 7.41. The van der Waals surface area contributed by atoms with E-state index in [0.29, 0.717) is 18.7 Å². The summed E-state index contributed by atoms with van der Waals surface area (Å²) < 4.78 is -0.839. The average molecular weight is 671 g/mol. The smallest absolute Gasteiger partial charge is 0.248 e. The Labute approximate surface area is 268 Å². The second-order valence-corrected chi connectivity index (χ2v) is 14.5. The lowest BCUT2D eigenvalue weighted by Crippen LogP contribution is -2.53. The molecule has 4 aromatic carbocycles. The number of nitrogens with one attached hydrogen (secondary N) is 2. The molecule has 3 aliphatic heterocycles. The first-order chi connectivity index (χ1) is 21.4. The number of aliphatic hydroxyl groups excluding tert-OH is 1. The van der Waals surface area contributed by atoms with Gasteiger partial charge in [0.2, 0.25) is 17.7 Å². The zero-order valence-electron chi connectivity index (χ0n) is 23.8. The fourth-order valence-corrected chi connectivity index (χ4v) is 11.0. The topological polar surface area (TPSA) is 98.7 Å². The number of anilines is 1. The van der Waals surface area contributed by atoms with Crippen molar-refractivity contribution >= 4 is 61.9 Å². The summed E-state index contributed by atoms with van der Waals surface area (Å²) in [7, 11) is 0. The van der Waals surface area contributed by atoms with Gasteiger partial charge in [-0.3, -0.25) is 14.4 Å². The van der Waals surface area contributed by atoms with Crippen molar-refractivity contribution < 1.29 is 19.5 Å². The molecule has 9 heteroatoms. The molecule has 3 N–H and O–H groups in total. The molecule has 0 radical (unpaired) electrons. The van der Waals surface area contributed by atoms with Crippen molar-refractivity contribution in [2.75, 3.05) is 11.9 Å². The Morgan fingerprint density at radius 2 is 1.61 bits per heavy atom. The summed E-state index contributed by atoms with van der Waals surface area (Å²) in [5.74, 6) is -2.09. The highest BCUT2D eigenvalue weighted by molar-refractivity contribution is 9.09. The van der Waals surface area contributed by atoms with Gasteiger partial charge in [0.1, 0.15) is 6.04 Å². The van der Waals surface area contributed by atoms with Gasteiger partial charge in [-0.15, -0.1) is 11.8 Å². The van der Waals surface area contributed by atoms with Crippen LogP contribution >= 0.6 is 27.7 Å². The summed E-state index contributed by atoms with van der Waals surface area (Å²) in [6.45, 7) is 0.00229. The third-order valence-electron chi connectivity index (χ3n) is 9.30. The number of likely N-dealkylation sites (tertiary alicyclic amines) is 1. The van der Waals surface area contributed by atoms with Crippen LogP contribution in [0.25, 0.3) is 10.8 Å². The second-order valence-electron chi connectivity index (χ2n) is 11.8. The predicted molar refractivity (Wildman–Crippen MR) is 176 cm³/mol. The number of thioether (sulfide) groups is 1. The monoisotopic (exact) mass is 669 g/mol. The zero-order valence-corrected chi connectivity index (χ0v) is 26.2. The number of rotatable bonds is 8. The van der Waals surface area contributed by atoms with Gasteiger partial charge in [-0.2, -0.15) is 0 Å². The van der Waals surface area contributed by atoms with Crippen LogP contribution in [0.4, 0.5) is 5.69 Å². The summed E-state index contributed by atoms with van der Waals surface area (Å²) in [4.78, 5) is 44.5. The number of alkyl halides is 1. The van der Waals surface area contributed by atoms with Gasteiger partial charge >= 0.3 is 0 Å². The van der Waals surface area contributed by atoms with E-state index in [0.717, 1.165) is 21.9 Å². The number of aliphatic hydroxyl groups is 1. The molecule has 3 aliphatic rings. The number of fused-ring (bicyclic) bond motifs is 2. The molecule has 7 rings (SSSR count). The van der Waals surface area contributed by atoms with Crippen molar-refractivity contribution in [2.24, 2.45) is 11.8 Å². The van der Waals surface area contributed by atoms with Crippen LogP contribution in [0, 0.1) is 11.8 Å². The highest BCUT2D eigenvalue weighted by Crippen LogP contribution is 2.68. The van der Waals surface area contributed by atoms with Gasteiger partial charge in [0, 0.05) is 22.3 Å². The lowest BCUT2D eigenvalue weighted by molar-refractivity contribution is -0.142. The summed E-state index contributed by atoms with van der Waals surface area (Å²) in [5, 5.41) is 18.8. The molecule has 0 saturated carbocycles. The molecular weight excluding hydrogens is 638 g/mol. The lowest BCUT2D eigenvalue weighted by atomic mass is 9.70. The van der Waals surface area contributed by atoms with Crippen LogP contribution in [0.1, 0.15) is 23.6 Å². The Morgan fingerprint density at radius 1 is 0.932 bits per heavy atom. The standard InChI is InChI=1S/C35H32BrN3O4S/c36-26-18-35-29(28(30(26)44-35)32(41)37-19-21-9-3-1-4-10-21)34(43)39(27(20-40)23-12-5-2-6-13-23)31(35)33(42)38-25-16-15-22-11-7-8-14-24(22)17-25/h1-17,26-31,40H,18-20H2,(H,37,41)(H,38,42)/t26?,27-,28+,29+,30+,31?,35?/m1/s1. The molecule has 3 heterocycles. The molecule has 3 amide bonds. The van der Waals surface area contributed by atoms with Crippen LogP contribution in [0.2, 0.25) is 0 Å². The van der Waals surface area contributed by atoms with Gasteiger partial charge in [-0.05, 0) is 40.5 Å². The van der Waals surface area contributed by atoms with E-state index in [-0.39, 0.29) is 34.4 Å². The molecule has 1 spiro atoms. The first-order valence-electron chi connectivity index (χ1n) is 14.8. The zero-order chi connectivity index (χ0) is 30.4. The van der Waals surface area contributed by atoms with Crippen LogP contribution in [-0.2, 0) is 20.9 Å². The Bertz CT molecular complexity index is 1720. The molecule has 3 fully saturated rings. The number of carbonyl (C=O) groups is 3. The van der Waals surface area contributed by atoms with Crippen molar-refractivity contribution in [3.63, 3.8) is 0 Å². The molecule has 0 aromatic heterocycles. The third-order valence-corrected chi connectivity index (χ3v) is 12.5. The van der Waals surface area contributed by atoms with E-state index in [4.69, 9.17) is 0 Å². The number of hydrogen-bond donors (Lipinski definition) is 3. The molecule has 224 valence electrons. The second kappa shape index (κ2) is 11.7. The number of amides is 3. The van der Waals surface area contributed by atoms with E-state index in [1.54, 1.807) is 16.7 Å². The quantitative estimate of drug-likeness (QED) is 0.222. The summed E-state index contributed by atoms with van der Waals surface area (Å²) >= 11 is 5.41. The first-order valence-corrected chi connectivity index (χ1v) is 16.6. The van der Waals surface area contributed by atoms with Crippen LogP contribution < -0.4 is 10.6 Å². The number of benzene rings is 4. The van der Waals surface area contributed by atoms with E-state index in [9.17, 15) is 19.5 Å². The van der Waals surface area contributed by atoms with Crippen molar-refractivity contribution in [1.29, 1.82) is 0 Å². The molecular formula is C35H32BrN3O4S. The minimum atomic E-state index is -0.897. The maximum atomic E-state index is 14.6. The van der Waals surface area contributed by atoms with Gasteiger partial charge < -0.3 is 20.6 Å². The SMILES string of the molecule is O=C(Nc1ccc2ccccc2c1)C1N([C@H](CO)c2ccccc2)C(=O)[C@@H]2[C@H](C(=O)NCc3ccccc3)[C@H]3SC12CC3Br. The van der Waals surface area contributed by atoms with E-state index >= 15 is 0 Å². The number of carbonyl (C=O) groups excluding carboxylic acids is 3. The highest BCUT2D eigenvalue weighted by atomic mass is 79.9. The summed E-state index contributed by atoms with van der Waals surface area (Å²) in [6, 6.07) is 31.0. The molecule has 2 bridgehead atoms. The number of nitrogens with zero attached hydrogens (tertiary/aromatic N) is 1. The van der Waals surface area contributed by atoms with Crippen molar-refractivity contribution in [1.82, 2.24) is 10.2 Å². The molecule has 3 saturated heterocycles. The van der Waals surface area contributed by atoms with Crippen molar-refractivity contribution in [3.8, 4) is 0 Å². The largest absolute Gasteiger partial charge is 0.394 e. The molecule has 7 nitrogen and oxygen atoms in total. The van der Waals surface area contributed by atoms with Crippen molar-refractivity contribution in [3.05, 3.63) is 114 Å². The Kier molecular flexibility index (Phi) is 7.72. The first kappa shape index (κ1) is 29.1. The van der Waals surface area contributed by atoms with Crippen LogP contribution in [0.3, 0.4) is 0 Å². The normalized spacial score (nSPS) is 27.7. The van der Waals surface area contributed by atoms with E-state index in [1.165, 1.54) is 0 Å². The van der Waals surface area contributed by atoms with Gasteiger partial charge in [0.15, 0.2) is 0 Å². The molecule has 7 atom stereocenters. The summed E-state index contributed by atoms with van der Waals surface area (Å²) in [5.41, 5.74) is 2.34. The highest BCUT2D eigenvalue weighted by Gasteiger charge is 2.76.